The first kappa shape index (κ1) is 26.4. The largest absolute Gasteiger partial charge is 0.309 e. The summed E-state index contributed by atoms with van der Waals surface area (Å²) in [5.74, 6) is 0. The molecule has 0 amide bonds. The maximum Gasteiger partial charge on any atom is 0.171 e. The lowest BCUT2D eigenvalue weighted by Gasteiger charge is -2.20. The van der Waals surface area contributed by atoms with Gasteiger partial charge in [0, 0.05) is 15.9 Å². The summed E-state index contributed by atoms with van der Waals surface area (Å²) in [5, 5.41) is 10.2. The average Bonchev–Trinajstić information content (AvgIpc) is 3.12. The summed E-state index contributed by atoms with van der Waals surface area (Å²) in [4.78, 5) is 0. The van der Waals surface area contributed by atoms with Crippen molar-refractivity contribution in [2.24, 2.45) is 0 Å². The maximum absolute atomic E-state index is 14.7. The van der Waals surface area contributed by atoms with E-state index in [4.69, 9.17) is 0 Å². The maximum atomic E-state index is 14.7. The van der Waals surface area contributed by atoms with Crippen molar-refractivity contribution in [1.29, 1.82) is 0 Å². The average molecular weight is 581 g/mol. The van der Waals surface area contributed by atoms with Crippen LogP contribution < -0.4 is 15.9 Å². The molecule has 0 aliphatic rings. The van der Waals surface area contributed by atoms with Crippen LogP contribution in [0.4, 0.5) is 0 Å². The highest BCUT2D eigenvalue weighted by Crippen LogP contribution is 2.43. The molecule has 0 saturated carbocycles. The number of benzene rings is 8. The van der Waals surface area contributed by atoms with Crippen molar-refractivity contribution in [3.8, 4) is 22.3 Å². The molecule has 0 saturated heterocycles. The van der Waals surface area contributed by atoms with Gasteiger partial charge in [-0.15, -0.1) is 0 Å². The fourth-order valence-electron chi connectivity index (χ4n) is 6.53. The molecule has 208 valence electrons. The van der Waals surface area contributed by atoms with E-state index in [1.165, 1.54) is 43.4 Å². The summed E-state index contributed by atoms with van der Waals surface area (Å²) < 4.78 is 14.7. The van der Waals surface area contributed by atoms with Gasteiger partial charge in [0.05, 0.1) is 0 Å². The predicted octanol–water partition coefficient (Wildman–Crippen LogP) is 10.1. The van der Waals surface area contributed by atoms with Crippen LogP contribution in [0.3, 0.4) is 0 Å². The normalized spacial score (nSPS) is 11.7. The zero-order valence-electron chi connectivity index (χ0n) is 24.1. The van der Waals surface area contributed by atoms with Gasteiger partial charge in [-0.2, -0.15) is 0 Å². The number of fused-ring (bicyclic) bond motifs is 6. The number of rotatable bonds is 5. The summed E-state index contributed by atoms with van der Waals surface area (Å²) in [6.07, 6.45) is 0. The topological polar surface area (TPSA) is 17.1 Å². The van der Waals surface area contributed by atoms with Crippen LogP contribution in [0, 0.1) is 0 Å². The minimum Gasteiger partial charge on any atom is -0.309 e. The summed E-state index contributed by atoms with van der Waals surface area (Å²) in [7, 11) is -2.99. The highest BCUT2D eigenvalue weighted by Gasteiger charge is 2.29. The van der Waals surface area contributed by atoms with Crippen molar-refractivity contribution >= 4 is 55.4 Å². The van der Waals surface area contributed by atoms with E-state index in [2.05, 4.69) is 103 Å². The Morgan fingerprint density at radius 2 is 0.591 bits per heavy atom. The fourth-order valence-corrected chi connectivity index (χ4v) is 9.18. The van der Waals surface area contributed by atoms with Crippen LogP contribution in [0.5, 0.6) is 0 Å². The quantitative estimate of drug-likeness (QED) is 0.146. The first-order valence-electron chi connectivity index (χ1n) is 15.0. The Morgan fingerprint density at radius 3 is 1.07 bits per heavy atom. The number of hydrogen-bond donors (Lipinski definition) is 0. The predicted molar refractivity (Wildman–Crippen MR) is 189 cm³/mol. The van der Waals surface area contributed by atoms with Gasteiger partial charge in [-0.25, -0.2) is 0 Å². The molecule has 0 aliphatic heterocycles. The van der Waals surface area contributed by atoms with Crippen molar-refractivity contribution < 1.29 is 4.57 Å². The molecule has 0 radical (unpaired) electrons. The number of hydrogen-bond acceptors (Lipinski definition) is 1. The van der Waals surface area contributed by atoms with E-state index in [0.717, 1.165) is 27.0 Å². The van der Waals surface area contributed by atoms with Crippen molar-refractivity contribution in [2.45, 2.75) is 0 Å². The molecule has 0 bridgehead atoms. The molecule has 0 N–H and O–H groups in total. The molecule has 44 heavy (non-hydrogen) atoms. The molecule has 8 aromatic rings. The highest BCUT2D eigenvalue weighted by molar-refractivity contribution is 7.85. The van der Waals surface area contributed by atoms with Crippen LogP contribution in [0.15, 0.2) is 176 Å². The Labute approximate surface area is 257 Å². The molecule has 2 heteroatoms. The summed E-state index contributed by atoms with van der Waals surface area (Å²) in [6.45, 7) is 0. The van der Waals surface area contributed by atoms with Crippen LogP contribution >= 0.6 is 7.14 Å². The van der Waals surface area contributed by atoms with Gasteiger partial charge in [-0.1, -0.05) is 170 Å². The van der Waals surface area contributed by atoms with E-state index < -0.39 is 7.14 Å². The van der Waals surface area contributed by atoms with Gasteiger partial charge in [-0.05, 0) is 60.6 Å². The van der Waals surface area contributed by atoms with E-state index in [-0.39, 0.29) is 0 Å². The van der Waals surface area contributed by atoms with E-state index in [1.807, 2.05) is 72.8 Å². The Hall–Kier alpha value is -5.23. The van der Waals surface area contributed by atoms with Crippen LogP contribution in [0.25, 0.3) is 54.6 Å². The highest BCUT2D eigenvalue weighted by atomic mass is 31.2. The van der Waals surface area contributed by atoms with E-state index in [1.54, 1.807) is 0 Å². The Balaban J connectivity index is 1.15. The summed E-state index contributed by atoms with van der Waals surface area (Å²) >= 11 is 0. The molecule has 0 heterocycles. The second-order valence-corrected chi connectivity index (χ2v) is 14.0. The monoisotopic (exact) mass is 580 g/mol. The second-order valence-electron chi connectivity index (χ2n) is 11.3. The molecule has 8 aromatic carbocycles. The standard InChI is InChI=1S/C42H29OP/c43-44(34-11-3-1-4-12-34,35-13-5-2-6-14-35)36-26-23-31(24-27-36)30-19-21-32(22-20-30)33-25-28-41-39-17-8-7-15-37(39)38-16-9-10-18-40(38)42(41)29-33/h1-29H. The van der Waals surface area contributed by atoms with Gasteiger partial charge in [0.15, 0.2) is 7.14 Å². The molecule has 1 nitrogen and oxygen atoms in total. The molecule has 0 aromatic heterocycles. The SMILES string of the molecule is O=P(c1ccccc1)(c1ccccc1)c1ccc(-c2ccc(-c3ccc4c5ccccc5c5ccccc5c4c3)cc2)cc1. The first-order chi connectivity index (χ1) is 21.7. The summed E-state index contributed by atoms with van der Waals surface area (Å²) in [6, 6.07) is 60.9. The van der Waals surface area contributed by atoms with Gasteiger partial charge in [0.2, 0.25) is 0 Å². The van der Waals surface area contributed by atoms with E-state index >= 15 is 0 Å². The van der Waals surface area contributed by atoms with Gasteiger partial charge in [-0.3, -0.25) is 0 Å². The Kier molecular flexibility index (Phi) is 6.48. The van der Waals surface area contributed by atoms with Crippen molar-refractivity contribution in [2.75, 3.05) is 0 Å². The Morgan fingerprint density at radius 1 is 0.273 bits per heavy atom. The van der Waals surface area contributed by atoms with Gasteiger partial charge in [0.1, 0.15) is 0 Å². The van der Waals surface area contributed by atoms with Crippen molar-refractivity contribution in [1.82, 2.24) is 0 Å². The smallest absolute Gasteiger partial charge is 0.171 e. The van der Waals surface area contributed by atoms with Crippen molar-refractivity contribution in [3.63, 3.8) is 0 Å². The molecule has 8 rings (SSSR count). The van der Waals surface area contributed by atoms with E-state index in [0.29, 0.717) is 0 Å². The van der Waals surface area contributed by atoms with Crippen LogP contribution in [-0.4, -0.2) is 0 Å². The third kappa shape index (κ3) is 4.37. The van der Waals surface area contributed by atoms with Gasteiger partial charge >= 0.3 is 0 Å². The molecule has 0 spiro atoms. The lowest BCUT2D eigenvalue weighted by Crippen LogP contribution is -2.24. The van der Waals surface area contributed by atoms with Crippen LogP contribution in [-0.2, 0) is 4.57 Å². The third-order valence-corrected chi connectivity index (χ3v) is 11.8. The van der Waals surface area contributed by atoms with Gasteiger partial charge in [0.25, 0.3) is 0 Å². The van der Waals surface area contributed by atoms with Gasteiger partial charge < -0.3 is 4.57 Å². The molecule has 0 unspecified atom stereocenters. The van der Waals surface area contributed by atoms with Crippen molar-refractivity contribution in [3.05, 3.63) is 176 Å². The first-order valence-corrected chi connectivity index (χ1v) is 16.7. The third-order valence-electron chi connectivity index (χ3n) is 8.77. The van der Waals surface area contributed by atoms with E-state index in [9.17, 15) is 4.57 Å². The Bertz CT molecular complexity index is 2240. The molecular formula is C42H29OP. The molecule has 0 fully saturated rings. The molecular weight excluding hydrogens is 551 g/mol. The molecule has 0 atom stereocenters. The van der Waals surface area contributed by atoms with Crippen LogP contribution in [0.2, 0.25) is 0 Å². The summed E-state index contributed by atoms with van der Waals surface area (Å²) in [5.41, 5.74) is 4.62. The molecule has 0 aliphatic carbocycles. The van der Waals surface area contributed by atoms with Crippen LogP contribution in [0.1, 0.15) is 0 Å². The zero-order valence-corrected chi connectivity index (χ0v) is 25.0. The lowest BCUT2D eigenvalue weighted by molar-refractivity contribution is 0.592. The zero-order chi connectivity index (χ0) is 29.5. The second kappa shape index (κ2) is 10.8. The minimum atomic E-state index is -2.99. The minimum absolute atomic E-state index is 0.839. The fraction of sp³-hybridized carbons (Fsp3) is 0. The lowest BCUT2D eigenvalue weighted by atomic mass is 9.92.